The molecule has 2 heterocycles. The molecule has 4 nitrogen and oxygen atoms in total. The maximum atomic E-state index is 13.5. The Hall–Kier alpha value is -2.92. The van der Waals surface area contributed by atoms with Crippen molar-refractivity contribution in [3.8, 4) is 0 Å². The topological polar surface area (TPSA) is 49.4 Å². The van der Waals surface area contributed by atoms with E-state index >= 15 is 0 Å². The van der Waals surface area contributed by atoms with Gasteiger partial charge in [-0.15, -0.1) is 11.3 Å². The number of carbonyl (C=O) groups excluding carboxylic acids is 2. The smallest absolute Gasteiger partial charge is 0.262 e. The van der Waals surface area contributed by atoms with Gasteiger partial charge in [0.05, 0.1) is 4.88 Å². The number of para-hydroxylation sites is 1. The third-order valence-corrected chi connectivity index (χ3v) is 5.65. The molecule has 2 aromatic carbocycles. The highest BCUT2D eigenvalue weighted by Gasteiger charge is 2.31. The summed E-state index contributed by atoms with van der Waals surface area (Å²) in [5.74, 6) is -0.323. The molecule has 2 amide bonds. The zero-order valence-corrected chi connectivity index (χ0v) is 15.6. The van der Waals surface area contributed by atoms with E-state index in [0.29, 0.717) is 11.4 Å². The van der Waals surface area contributed by atoms with E-state index in [0.717, 1.165) is 24.1 Å². The fourth-order valence-corrected chi connectivity index (χ4v) is 4.09. The molecule has 1 atom stereocenters. The lowest BCUT2D eigenvalue weighted by atomic mass is 9.99. The Kier molecular flexibility index (Phi) is 5.03. The number of nitrogens with zero attached hydrogens (tertiary/aromatic N) is 1. The van der Waals surface area contributed by atoms with Gasteiger partial charge < -0.3 is 10.2 Å². The lowest BCUT2D eigenvalue weighted by molar-refractivity contribution is -0.120. The molecule has 0 spiro atoms. The zero-order valence-electron chi connectivity index (χ0n) is 14.8. The molecule has 0 saturated heterocycles. The lowest BCUT2D eigenvalue weighted by Gasteiger charge is -2.32. The van der Waals surface area contributed by atoms with E-state index < -0.39 is 6.04 Å². The third kappa shape index (κ3) is 3.64. The van der Waals surface area contributed by atoms with Crippen LogP contribution in [0.4, 0.5) is 5.69 Å². The first kappa shape index (κ1) is 17.5. The third-order valence-electron chi connectivity index (χ3n) is 4.78. The first-order valence-electron chi connectivity index (χ1n) is 9.02. The molecule has 1 aromatic heterocycles. The van der Waals surface area contributed by atoms with Gasteiger partial charge in [0, 0.05) is 12.2 Å². The second-order valence-electron chi connectivity index (χ2n) is 6.52. The fourth-order valence-electron chi connectivity index (χ4n) is 3.46. The average Bonchev–Trinajstić information content (AvgIpc) is 3.27. The van der Waals surface area contributed by atoms with E-state index in [9.17, 15) is 9.59 Å². The first-order valence-corrected chi connectivity index (χ1v) is 9.90. The summed E-state index contributed by atoms with van der Waals surface area (Å²) < 4.78 is 0. The van der Waals surface area contributed by atoms with Gasteiger partial charge >= 0.3 is 0 Å². The molecule has 1 aliphatic heterocycles. The Morgan fingerprint density at radius 2 is 1.74 bits per heavy atom. The van der Waals surface area contributed by atoms with Gasteiger partial charge in [0.1, 0.15) is 6.04 Å². The van der Waals surface area contributed by atoms with E-state index in [-0.39, 0.29) is 11.8 Å². The van der Waals surface area contributed by atoms with Gasteiger partial charge in [-0.2, -0.15) is 0 Å². The largest absolute Gasteiger partial charge is 0.336 e. The number of thiophene rings is 1. The number of carbonyl (C=O) groups is 2. The lowest BCUT2D eigenvalue weighted by Crippen LogP contribution is -2.45. The Balaban J connectivity index is 1.67. The standard InChI is InChI=1S/C22H20N2O2S/c25-21(19-13-7-15-27-19)23-20(17-9-2-1-3-10-17)22(26)24-14-6-11-16-8-4-5-12-18(16)24/h1-5,7-10,12-13,15,20H,6,11,14H2,(H,23,25). The van der Waals surface area contributed by atoms with Crippen LogP contribution in [0.5, 0.6) is 0 Å². The van der Waals surface area contributed by atoms with Crippen molar-refractivity contribution in [3.63, 3.8) is 0 Å². The molecule has 0 saturated carbocycles. The maximum absolute atomic E-state index is 13.5. The van der Waals surface area contributed by atoms with Crippen LogP contribution in [0.25, 0.3) is 0 Å². The van der Waals surface area contributed by atoms with Gasteiger partial charge in [0.2, 0.25) is 0 Å². The molecule has 1 N–H and O–H groups in total. The summed E-state index contributed by atoms with van der Waals surface area (Å²) in [5, 5.41) is 4.80. The van der Waals surface area contributed by atoms with Crippen LogP contribution in [0.15, 0.2) is 72.1 Å². The Morgan fingerprint density at radius 1 is 0.963 bits per heavy atom. The molecule has 1 aliphatic rings. The maximum Gasteiger partial charge on any atom is 0.262 e. The highest BCUT2D eigenvalue weighted by atomic mass is 32.1. The average molecular weight is 376 g/mol. The van der Waals surface area contributed by atoms with Crippen molar-refractivity contribution >= 4 is 28.8 Å². The Labute approximate surface area is 162 Å². The van der Waals surface area contributed by atoms with Gasteiger partial charge in [-0.1, -0.05) is 54.6 Å². The summed E-state index contributed by atoms with van der Waals surface area (Å²) in [6.07, 6.45) is 1.89. The molecule has 3 aromatic rings. The first-order chi connectivity index (χ1) is 13.2. The van der Waals surface area contributed by atoms with Crippen molar-refractivity contribution in [2.24, 2.45) is 0 Å². The van der Waals surface area contributed by atoms with E-state index in [1.165, 1.54) is 16.9 Å². The predicted octanol–water partition coefficient (Wildman–Crippen LogP) is 4.20. The number of hydrogen-bond acceptors (Lipinski definition) is 3. The zero-order chi connectivity index (χ0) is 18.6. The Morgan fingerprint density at radius 3 is 2.52 bits per heavy atom. The number of rotatable bonds is 4. The van der Waals surface area contributed by atoms with Crippen LogP contribution >= 0.6 is 11.3 Å². The molecule has 0 aliphatic carbocycles. The van der Waals surface area contributed by atoms with Gasteiger partial charge in [-0.25, -0.2) is 0 Å². The van der Waals surface area contributed by atoms with Crippen molar-refractivity contribution in [2.45, 2.75) is 18.9 Å². The van der Waals surface area contributed by atoms with Gasteiger partial charge in [-0.05, 0) is 41.5 Å². The SMILES string of the molecule is O=C(NC(C(=O)N1CCCc2ccccc21)c1ccccc1)c1cccs1. The molecule has 136 valence electrons. The molecule has 5 heteroatoms. The molecule has 27 heavy (non-hydrogen) atoms. The van der Waals surface area contributed by atoms with Crippen LogP contribution in [-0.2, 0) is 11.2 Å². The molecule has 0 fully saturated rings. The fraction of sp³-hybridized carbons (Fsp3) is 0.182. The van der Waals surface area contributed by atoms with Crippen LogP contribution in [0, 0.1) is 0 Å². The number of nitrogens with one attached hydrogen (secondary N) is 1. The number of hydrogen-bond donors (Lipinski definition) is 1. The van der Waals surface area contributed by atoms with Gasteiger partial charge in [-0.3, -0.25) is 9.59 Å². The predicted molar refractivity (Wildman–Crippen MR) is 108 cm³/mol. The minimum atomic E-state index is -0.716. The quantitative estimate of drug-likeness (QED) is 0.742. The van der Waals surface area contributed by atoms with Crippen LogP contribution < -0.4 is 10.2 Å². The van der Waals surface area contributed by atoms with Crippen LogP contribution in [-0.4, -0.2) is 18.4 Å². The summed E-state index contributed by atoms with van der Waals surface area (Å²) in [4.78, 5) is 28.5. The van der Waals surface area contributed by atoms with Crippen molar-refractivity contribution in [2.75, 3.05) is 11.4 Å². The van der Waals surface area contributed by atoms with Gasteiger partial charge in [0.15, 0.2) is 0 Å². The molecule has 1 unspecified atom stereocenters. The summed E-state index contributed by atoms with van der Waals surface area (Å²) >= 11 is 1.37. The van der Waals surface area contributed by atoms with Crippen LogP contribution in [0.3, 0.4) is 0 Å². The van der Waals surface area contributed by atoms with E-state index in [1.807, 2.05) is 64.9 Å². The molecular weight excluding hydrogens is 356 g/mol. The normalized spacial score (nSPS) is 14.3. The van der Waals surface area contributed by atoms with Crippen LogP contribution in [0.1, 0.15) is 33.3 Å². The second kappa shape index (κ2) is 7.76. The van der Waals surface area contributed by atoms with Crippen molar-refractivity contribution in [1.82, 2.24) is 5.32 Å². The number of aryl methyl sites for hydroxylation is 1. The minimum absolute atomic E-state index is 0.0988. The van der Waals surface area contributed by atoms with Crippen molar-refractivity contribution in [1.29, 1.82) is 0 Å². The summed E-state index contributed by atoms with van der Waals surface area (Å²) in [7, 11) is 0. The number of fused-ring (bicyclic) bond motifs is 1. The molecule has 0 radical (unpaired) electrons. The van der Waals surface area contributed by atoms with Crippen LogP contribution in [0.2, 0.25) is 0 Å². The molecule has 4 rings (SSSR count). The summed E-state index contributed by atoms with van der Waals surface area (Å²) in [5.41, 5.74) is 2.91. The van der Waals surface area contributed by atoms with E-state index in [1.54, 1.807) is 6.07 Å². The molecular formula is C22H20N2O2S. The van der Waals surface area contributed by atoms with Crippen molar-refractivity contribution in [3.05, 3.63) is 88.1 Å². The van der Waals surface area contributed by atoms with Gasteiger partial charge in [0.25, 0.3) is 11.8 Å². The highest BCUT2D eigenvalue weighted by Crippen LogP contribution is 2.29. The van der Waals surface area contributed by atoms with E-state index in [4.69, 9.17) is 0 Å². The summed E-state index contributed by atoms with van der Waals surface area (Å²) in [6, 6.07) is 20.3. The molecule has 0 bridgehead atoms. The number of amides is 2. The number of anilines is 1. The monoisotopic (exact) mass is 376 g/mol. The minimum Gasteiger partial charge on any atom is -0.336 e. The number of benzene rings is 2. The van der Waals surface area contributed by atoms with E-state index in [2.05, 4.69) is 11.4 Å². The second-order valence-corrected chi connectivity index (χ2v) is 7.46. The van der Waals surface area contributed by atoms with Crippen molar-refractivity contribution < 1.29 is 9.59 Å². The highest BCUT2D eigenvalue weighted by molar-refractivity contribution is 7.12. The Bertz CT molecular complexity index is 938. The summed E-state index contributed by atoms with van der Waals surface area (Å²) in [6.45, 7) is 0.661.